The maximum atomic E-state index is 12.2. The number of aryl methyl sites for hydroxylation is 1. The standard InChI is InChI=1S/C22H25N3O3/c1-25(2)22(27)15-28-18-12-10-17(11-13-18)24-21(26)9-5-6-16-14-23-20-8-4-3-7-19(16)20/h3-4,7-8,10-14,23H,5-6,9,15H2,1-2H3,(H,24,26). The van der Waals surface area contributed by atoms with Crippen LogP contribution in [0.3, 0.4) is 0 Å². The molecular formula is C22H25N3O3. The van der Waals surface area contributed by atoms with Gasteiger partial charge >= 0.3 is 0 Å². The number of aromatic amines is 1. The van der Waals surface area contributed by atoms with Crippen LogP contribution in [0.25, 0.3) is 10.9 Å². The smallest absolute Gasteiger partial charge is 0.259 e. The number of carbonyl (C=O) groups is 2. The molecule has 0 atom stereocenters. The highest BCUT2D eigenvalue weighted by atomic mass is 16.5. The molecular weight excluding hydrogens is 354 g/mol. The average molecular weight is 379 g/mol. The minimum atomic E-state index is -0.104. The number of anilines is 1. The summed E-state index contributed by atoms with van der Waals surface area (Å²) in [6.45, 7) is -0.00740. The maximum Gasteiger partial charge on any atom is 0.259 e. The zero-order valence-corrected chi connectivity index (χ0v) is 16.2. The molecule has 0 aliphatic carbocycles. The molecule has 3 rings (SSSR count). The molecule has 1 aromatic heterocycles. The van der Waals surface area contributed by atoms with E-state index in [2.05, 4.69) is 22.4 Å². The molecule has 2 N–H and O–H groups in total. The number of rotatable bonds is 8. The lowest BCUT2D eigenvalue weighted by Crippen LogP contribution is -2.27. The molecule has 3 aromatic rings. The summed E-state index contributed by atoms with van der Waals surface area (Å²) < 4.78 is 5.42. The molecule has 6 nitrogen and oxygen atoms in total. The van der Waals surface area contributed by atoms with Gasteiger partial charge in [0.2, 0.25) is 5.91 Å². The third kappa shape index (κ3) is 5.13. The summed E-state index contributed by atoms with van der Waals surface area (Å²) >= 11 is 0. The van der Waals surface area contributed by atoms with Crippen LogP contribution in [0, 0.1) is 0 Å². The summed E-state index contributed by atoms with van der Waals surface area (Å²) in [4.78, 5) is 28.4. The third-order valence-corrected chi connectivity index (χ3v) is 4.52. The minimum absolute atomic E-state index is 0.00740. The van der Waals surface area contributed by atoms with Gasteiger partial charge in [-0.05, 0) is 48.7 Å². The lowest BCUT2D eigenvalue weighted by atomic mass is 10.1. The maximum absolute atomic E-state index is 12.2. The molecule has 0 fully saturated rings. The summed E-state index contributed by atoms with van der Waals surface area (Å²) in [5.74, 6) is 0.469. The highest BCUT2D eigenvalue weighted by Crippen LogP contribution is 2.20. The highest BCUT2D eigenvalue weighted by Gasteiger charge is 2.07. The van der Waals surface area contributed by atoms with E-state index in [0.29, 0.717) is 17.9 Å². The first-order chi connectivity index (χ1) is 13.5. The van der Waals surface area contributed by atoms with Crippen LogP contribution in [0.2, 0.25) is 0 Å². The van der Waals surface area contributed by atoms with Gasteiger partial charge in [0.15, 0.2) is 6.61 Å². The molecule has 0 bridgehead atoms. The van der Waals surface area contributed by atoms with E-state index in [0.717, 1.165) is 18.4 Å². The Morgan fingerprint density at radius 3 is 2.57 bits per heavy atom. The molecule has 0 saturated carbocycles. The number of benzene rings is 2. The van der Waals surface area contributed by atoms with Crippen LogP contribution >= 0.6 is 0 Å². The van der Waals surface area contributed by atoms with Crippen LogP contribution in [-0.4, -0.2) is 42.4 Å². The molecule has 0 aliphatic heterocycles. The Labute approximate surface area is 164 Å². The van der Waals surface area contributed by atoms with E-state index in [9.17, 15) is 9.59 Å². The first-order valence-corrected chi connectivity index (χ1v) is 9.31. The van der Waals surface area contributed by atoms with Gasteiger partial charge in [-0.1, -0.05) is 18.2 Å². The lowest BCUT2D eigenvalue weighted by molar-refractivity contribution is -0.130. The fourth-order valence-electron chi connectivity index (χ4n) is 2.91. The van der Waals surface area contributed by atoms with Crippen LogP contribution in [0.15, 0.2) is 54.7 Å². The number of amides is 2. The van der Waals surface area contributed by atoms with Gasteiger partial charge < -0.3 is 19.9 Å². The van der Waals surface area contributed by atoms with E-state index < -0.39 is 0 Å². The summed E-state index contributed by atoms with van der Waals surface area (Å²) in [5, 5.41) is 4.11. The van der Waals surface area contributed by atoms with Crippen molar-refractivity contribution in [3.63, 3.8) is 0 Å². The van der Waals surface area contributed by atoms with Gasteiger partial charge in [0.05, 0.1) is 0 Å². The fraction of sp³-hybridized carbons (Fsp3) is 0.273. The molecule has 0 unspecified atom stereocenters. The summed E-state index contributed by atoms with van der Waals surface area (Å²) in [7, 11) is 3.37. The number of aromatic nitrogens is 1. The molecule has 6 heteroatoms. The van der Waals surface area contributed by atoms with Crippen molar-refractivity contribution in [1.82, 2.24) is 9.88 Å². The molecule has 28 heavy (non-hydrogen) atoms. The Kier molecular flexibility index (Phi) is 6.32. The van der Waals surface area contributed by atoms with Gasteiger partial charge in [-0.15, -0.1) is 0 Å². The predicted octanol–water partition coefficient (Wildman–Crippen LogP) is 3.60. The topological polar surface area (TPSA) is 74.4 Å². The van der Waals surface area contributed by atoms with E-state index in [-0.39, 0.29) is 18.4 Å². The van der Waals surface area contributed by atoms with Crippen LogP contribution < -0.4 is 10.1 Å². The number of hydrogen-bond donors (Lipinski definition) is 2. The quantitative estimate of drug-likeness (QED) is 0.628. The van der Waals surface area contributed by atoms with E-state index in [1.54, 1.807) is 38.4 Å². The zero-order valence-electron chi connectivity index (χ0n) is 16.2. The summed E-state index contributed by atoms with van der Waals surface area (Å²) in [5.41, 5.74) is 3.07. The number of nitrogens with one attached hydrogen (secondary N) is 2. The largest absolute Gasteiger partial charge is 0.484 e. The molecule has 0 spiro atoms. The number of likely N-dealkylation sites (N-methyl/N-ethyl adjacent to an activating group) is 1. The molecule has 1 heterocycles. The van der Waals surface area contributed by atoms with Crippen LogP contribution in [0.5, 0.6) is 5.75 Å². The summed E-state index contributed by atoms with van der Waals surface area (Å²) in [6.07, 6.45) is 4.10. The van der Waals surface area contributed by atoms with E-state index in [1.807, 2.05) is 18.3 Å². The second kappa shape index (κ2) is 9.08. The second-order valence-corrected chi connectivity index (χ2v) is 6.86. The van der Waals surface area contributed by atoms with Gasteiger partial charge in [0, 0.05) is 43.3 Å². The molecule has 2 amide bonds. The predicted molar refractivity (Wildman–Crippen MR) is 110 cm³/mol. The number of carbonyl (C=O) groups excluding carboxylic acids is 2. The van der Waals surface area contributed by atoms with Crippen molar-refractivity contribution in [1.29, 1.82) is 0 Å². The van der Waals surface area contributed by atoms with Crippen molar-refractivity contribution < 1.29 is 14.3 Å². The first-order valence-electron chi connectivity index (χ1n) is 9.31. The highest BCUT2D eigenvalue weighted by molar-refractivity contribution is 5.90. The number of nitrogens with zero attached hydrogens (tertiary/aromatic N) is 1. The number of H-pyrrole nitrogens is 1. The van der Waals surface area contributed by atoms with Crippen LogP contribution in [-0.2, 0) is 16.0 Å². The number of hydrogen-bond acceptors (Lipinski definition) is 3. The molecule has 0 aliphatic rings. The van der Waals surface area contributed by atoms with Crippen molar-refractivity contribution in [2.24, 2.45) is 0 Å². The molecule has 0 saturated heterocycles. The van der Waals surface area contributed by atoms with Gasteiger partial charge in [-0.2, -0.15) is 0 Å². The third-order valence-electron chi connectivity index (χ3n) is 4.52. The lowest BCUT2D eigenvalue weighted by Gasteiger charge is -2.11. The Morgan fingerprint density at radius 2 is 1.82 bits per heavy atom. The van der Waals surface area contributed by atoms with E-state index in [1.165, 1.54) is 15.8 Å². The Balaban J connectivity index is 1.44. The molecule has 0 radical (unpaired) electrons. The van der Waals surface area contributed by atoms with Crippen LogP contribution in [0.4, 0.5) is 5.69 Å². The summed E-state index contributed by atoms with van der Waals surface area (Å²) in [6, 6.07) is 15.2. The molecule has 146 valence electrons. The van der Waals surface area contributed by atoms with Crippen molar-refractivity contribution >= 4 is 28.4 Å². The van der Waals surface area contributed by atoms with Crippen molar-refractivity contribution in [2.75, 3.05) is 26.0 Å². The van der Waals surface area contributed by atoms with Gasteiger partial charge in [-0.25, -0.2) is 0 Å². The zero-order chi connectivity index (χ0) is 19.9. The SMILES string of the molecule is CN(C)C(=O)COc1ccc(NC(=O)CCCc2c[nH]c3ccccc23)cc1. The fourth-order valence-corrected chi connectivity index (χ4v) is 2.91. The van der Waals surface area contributed by atoms with Gasteiger partial charge in [0.1, 0.15) is 5.75 Å². The monoisotopic (exact) mass is 379 g/mol. The Hall–Kier alpha value is -3.28. The Bertz CT molecular complexity index is 945. The minimum Gasteiger partial charge on any atom is -0.484 e. The van der Waals surface area contributed by atoms with E-state index >= 15 is 0 Å². The average Bonchev–Trinajstić information content (AvgIpc) is 3.10. The van der Waals surface area contributed by atoms with Crippen molar-refractivity contribution in [2.45, 2.75) is 19.3 Å². The second-order valence-electron chi connectivity index (χ2n) is 6.86. The normalized spacial score (nSPS) is 10.6. The number of para-hydroxylation sites is 1. The number of fused-ring (bicyclic) bond motifs is 1. The van der Waals surface area contributed by atoms with Crippen molar-refractivity contribution in [3.8, 4) is 5.75 Å². The van der Waals surface area contributed by atoms with E-state index in [4.69, 9.17) is 4.74 Å². The first kappa shape index (κ1) is 19.5. The number of ether oxygens (including phenoxy) is 1. The van der Waals surface area contributed by atoms with Gasteiger partial charge in [0.25, 0.3) is 5.91 Å². The van der Waals surface area contributed by atoms with Gasteiger partial charge in [-0.3, -0.25) is 9.59 Å². The molecule has 2 aromatic carbocycles. The van der Waals surface area contributed by atoms with Crippen molar-refractivity contribution in [3.05, 3.63) is 60.3 Å². The van der Waals surface area contributed by atoms with Crippen LogP contribution in [0.1, 0.15) is 18.4 Å². The Morgan fingerprint density at radius 1 is 1.07 bits per heavy atom.